The van der Waals surface area contributed by atoms with Crippen LogP contribution in [-0.2, 0) is 4.79 Å². The summed E-state index contributed by atoms with van der Waals surface area (Å²) >= 11 is 0. The fourth-order valence-corrected chi connectivity index (χ4v) is 1.86. The predicted molar refractivity (Wildman–Crippen MR) is 62.7 cm³/mol. The molecule has 1 fully saturated rings. The van der Waals surface area contributed by atoms with Crippen LogP contribution < -0.4 is 15.4 Å². The van der Waals surface area contributed by atoms with Crippen molar-refractivity contribution >= 4 is 11.6 Å². The topological polar surface area (TPSA) is 50.4 Å². The average molecular weight is 274 g/mol. The van der Waals surface area contributed by atoms with Crippen LogP contribution in [0.25, 0.3) is 0 Å². The Hall–Kier alpha value is -1.76. The summed E-state index contributed by atoms with van der Waals surface area (Å²) in [6, 6.07) is 5.08. The number of anilines is 1. The van der Waals surface area contributed by atoms with Crippen molar-refractivity contribution in [1.29, 1.82) is 0 Å². The van der Waals surface area contributed by atoms with Crippen LogP contribution in [0, 0.1) is 5.92 Å². The molecule has 1 aromatic carbocycles. The van der Waals surface area contributed by atoms with Gasteiger partial charge >= 0.3 is 6.36 Å². The van der Waals surface area contributed by atoms with Gasteiger partial charge in [0.25, 0.3) is 0 Å². The number of amides is 1. The Morgan fingerprint density at radius 1 is 1.32 bits per heavy atom. The molecular formula is C12H13F3N2O2. The Balaban J connectivity index is 1.93. The van der Waals surface area contributed by atoms with Crippen molar-refractivity contribution in [3.8, 4) is 5.75 Å². The number of hydrogen-bond acceptors (Lipinski definition) is 3. The molecule has 1 heterocycles. The molecule has 0 bridgehead atoms. The van der Waals surface area contributed by atoms with Crippen LogP contribution in [0.5, 0.6) is 5.75 Å². The highest BCUT2D eigenvalue weighted by Gasteiger charge is 2.31. The highest BCUT2D eigenvalue weighted by Crippen LogP contribution is 2.24. The minimum atomic E-state index is -4.71. The van der Waals surface area contributed by atoms with Crippen LogP contribution >= 0.6 is 0 Å². The van der Waals surface area contributed by atoms with Crippen molar-refractivity contribution in [3.05, 3.63) is 24.3 Å². The molecule has 1 unspecified atom stereocenters. The van der Waals surface area contributed by atoms with E-state index >= 15 is 0 Å². The van der Waals surface area contributed by atoms with Crippen molar-refractivity contribution in [2.45, 2.75) is 12.8 Å². The number of hydrogen-bond donors (Lipinski definition) is 2. The van der Waals surface area contributed by atoms with Gasteiger partial charge in [0, 0.05) is 12.2 Å². The summed E-state index contributed by atoms with van der Waals surface area (Å²) in [5.41, 5.74) is 0.450. The van der Waals surface area contributed by atoms with Gasteiger partial charge in [0.1, 0.15) is 5.75 Å². The van der Waals surface area contributed by atoms with Gasteiger partial charge in [0.2, 0.25) is 5.91 Å². The lowest BCUT2D eigenvalue weighted by Gasteiger charge is -2.11. The van der Waals surface area contributed by atoms with Crippen LogP contribution in [0.1, 0.15) is 6.42 Å². The maximum atomic E-state index is 12.0. The summed E-state index contributed by atoms with van der Waals surface area (Å²) < 4.78 is 39.6. The van der Waals surface area contributed by atoms with Gasteiger partial charge < -0.3 is 15.4 Å². The zero-order chi connectivity index (χ0) is 13.9. The minimum absolute atomic E-state index is 0.0916. The Morgan fingerprint density at radius 2 is 2.00 bits per heavy atom. The number of carbonyl (C=O) groups is 1. The van der Waals surface area contributed by atoms with Crippen LogP contribution in [0.2, 0.25) is 0 Å². The third-order valence-electron chi connectivity index (χ3n) is 2.79. The van der Waals surface area contributed by atoms with Gasteiger partial charge in [-0.3, -0.25) is 4.79 Å². The molecule has 19 heavy (non-hydrogen) atoms. The van der Waals surface area contributed by atoms with E-state index in [1.54, 1.807) is 0 Å². The molecule has 1 aliphatic heterocycles. The number of carbonyl (C=O) groups excluding carboxylic acids is 1. The van der Waals surface area contributed by atoms with Crippen molar-refractivity contribution in [2.75, 3.05) is 18.4 Å². The molecule has 0 aromatic heterocycles. The second-order valence-corrected chi connectivity index (χ2v) is 4.25. The molecule has 1 amide bonds. The van der Waals surface area contributed by atoms with E-state index in [1.165, 1.54) is 12.1 Å². The fraction of sp³-hybridized carbons (Fsp3) is 0.417. The lowest BCUT2D eigenvalue weighted by Crippen LogP contribution is -2.24. The molecule has 0 radical (unpaired) electrons. The van der Waals surface area contributed by atoms with E-state index < -0.39 is 6.36 Å². The molecule has 0 spiro atoms. The molecular weight excluding hydrogens is 261 g/mol. The standard InChI is InChI=1S/C12H13F3N2O2/c13-12(14,15)19-10-3-1-9(2-4-10)17-11(18)8-5-6-16-7-8/h1-4,8,16H,5-7H2,(H,17,18). The molecule has 1 atom stereocenters. The van der Waals surface area contributed by atoms with Gasteiger partial charge in [0.15, 0.2) is 0 Å². The molecule has 104 valence electrons. The van der Waals surface area contributed by atoms with Gasteiger partial charge in [-0.2, -0.15) is 0 Å². The summed E-state index contributed by atoms with van der Waals surface area (Å²) in [5, 5.41) is 5.73. The quantitative estimate of drug-likeness (QED) is 0.887. The van der Waals surface area contributed by atoms with Crippen LogP contribution in [0.3, 0.4) is 0 Å². The number of alkyl halides is 3. The van der Waals surface area contributed by atoms with E-state index in [0.29, 0.717) is 12.2 Å². The Labute approximate surface area is 107 Å². The van der Waals surface area contributed by atoms with E-state index in [-0.39, 0.29) is 17.6 Å². The SMILES string of the molecule is O=C(Nc1ccc(OC(F)(F)F)cc1)C1CCNC1. The molecule has 1 saturated heterocycles. The maximum absolute atomic E-state index is 12.0. The first kappa shape index (κ1) is 13.7. The summed E-state index contributed by atoms with van der Waals surface area (Å²) in [7, 11) is 0. The van der Waals surface area contributed by atoms with E-state index in [2.05, 4.69) is 15.4 Å². The van der Waals surface area contributed by atoms with Crippen LogP contribution in [0.15, 0.2) is 24.3 Å². The highest BCUT2D eigenvalue weighted by atomic mass is 19.4. The molecule has 0 aliphatic carbocycles. The third kappa shape index (κ3) is 4.13. The summed E-state index contributed by atoms with van der Waals surface area (Å²) in [5.74, 6) is -0.534. The fourth-order valence-electron chi connectivity index (χ4n) is 1.86. The average Bonchev–Trinajstić information content (AvgIpc) is 2.83. The van der Waals surface area contributed by atoms with Gasteiger partial charge in [0.05, 0.1) is 5.92 Å². The van der Waals surface area contributed by atoms with Crippen LogP contribution in [0.4, 0.5) is 18.9 Å². The summed E-state index contributed by atoms with van der Waals surface area (Å²) in [6.07, 6.45) is -3.94. The number of halogens is 3. The van der Waals surface area contributed by atoms with Gasteiger partial charge in [-0.05, 0) is 37.2 Å². The molecule has 1 aliphatic rings. The van der Waals surface area contributed by atoms with E-state index in [9.17, 15) is 18.0 Å². The lowest BCUT2D eigenvalue weighted by molar-refractivity contribution is -0.274. The number of nitrogens with one attached hydrogen (secondary N) is 2. The van der Waals surface area contributed by atoms with Gasteiger partial charge in [-0.15, -0.1) is 13.2 Å². The molecule has 7 heteroatoms. The monoisotopic (exact) mass is 274 g/mol. The zero-order valence-electron chi connectivity index (χ0n) is 9.96. The number of benzene rings is 1. The molecule has 1 aromatic rings. The minimum Gasteiger partial charge on any atom is -0.406 e. The Bertz CT molecular complexity index is 439. The Kier molecular flexibility index (Phi) is 3.94. The smallest absolute Gasteiger partial charge is 0.406 e. The predicted octanol–water partition coefficient (Wildman–Crippen LogP) is 2.13. The van der Waals surface area contributed by atoms with Crippen molar-refractivity contribution in [2.24, 2.45) is 5.92 Å². The first-order chi connectivity index (χ1) is 8.94. The van der Waals surface area contributed by atoms with E-state index in [4.69, 9.17) is 0 Å². The number of ether oxygens (including phenoxy) is 1. The highest BCUT2D eigenvalue weighted by molar-refractivity contribution is 5.92. The summed E-state index contributed by atoms with van der Waals surface area (Å²) in [4.78, 5) is 11.8. The van der Waals surface area contributed by atoms with Crippen molar-refractivity contribution in [1.82, 2.24) is 5.32 Å². The molecule has 2 rings (SSSR count). The van der Waals surface area contributed by atoms with Gasteiger partial charge in [-0.25, -0.2) is 0 Å². The lowest BCUT2D eigenvalue weighted by atomic mass is 10.1. The third-order valence-corrected chi connectivity index (χ3v) is 2.79. The van der Waals surface area contributed by atoms with Gasteiger partial charge in [-0.1, -0.05) is 0 Å². The number of rotatable bonds is 3. The second-order valence-electron chi connectivity index (χ2n) is 4.25. The van der Waals surface area contributed by atoms with Crippen LogP contribution in [-0.4, -0.2) is 25.4 Å². The zero-order valence-corrected chi connectivity index (χ0v) is 9.96. The van der Waals surface area contributed by atoms with E-state index in [1.807, 2.05) is 0 Å². The normalized spacial score (nSPS) is 19.2. The largest absolute Gasteiger partial charge is 0.573 e. The van der Waals surface area contributed by atoms with Crippen molar-refractivity contribution < 1.29 is 22.7 Å². The molecule has 2 N–H and O–H groups in total. The first-order valence-corrected chi connectivity index (χ1v) is 5.81. The second kappa shape index (κ2) is 5.48. The molecule has 4 nitrogen and oxygen atoms in total. The molecule has 0 saturated carbocycles. The first-order valence-electron chi connectivity index (χ1n) is 5.81. The Morgan fingerprint density at radius 3 is 2.53 bits per heavy atom. The summed E-state index contributed by atoms with van der Waals surface area (Å²) in [6.45, 7) is 1.43. The van der Waals surface area contributed by atoms with E-state index in [0.717, 1.165) is 25.1 Å². The maximum Gasteiger partial charge on any atom is 0.573 e. The van der Waals surface area contributed by atoms with Crippen molar-refractivity contribution in [3.63, 3.8) is 0 Å².